The van der Waals surface area contributed by atoms with Gasteiger partial charge in [0.05, 0.1) is 19.8 Å². The number of rotatable bonds is 8. The average molecular weight is 240 g/mol. The van der Waals surface area contributed by atoms with Crippen LogP contribution in [0.3, 0.4) is 0 Å². The molecule has 0 saturated carbocycles. The van der Waals surface area contributed by atoms with Crippen LogP contribution in [0.15, 0.2) is 0 Å². The van der Waals surface area contributed by atoms with Crippen molar-refractivity contribution in [3.63, 3.8) is 0 Å². The summed E-state index contributed by atoms with van der Waals surface area (Å²) in [7, 11) is -3.47. The van der Waals surface area contributed by atoms with Crippen LogP contribution < -0.4 is 0 Å². The van der Waals surface area contributed by atoms with Gasteiger partial charge in [0.2, 0.25) is 0 Å². The summed E-state index contributed by atoms with van der Waals surface area (Å²) in [4.78, 5) is 10.4. The van der Waals surface area contributed by atoms with E-state index in [2.05, 4.69) is 4.74 Å². The Morgan fingerprint density at radius 3 is 2.00 bits per heavy atom. The predicted octanol–water partition coefficient (Wildman–Crippen LogP) is 1.75. The fourth-order valence-electron chi connectivity index (χ4n) is 0.762. The maximum atomic E-state index is 11.7. The minimum Gasteiger partial charge on any atom is -0.463 e. The van der Waals surface area contributed by atoms with Crippen LogP contribution >= 0.6 is 7.82 Å². The molecule has 0 bridgehead atoms. The summed E-state index contributed by atoms with van der Waals surface area (Å²) in [6, 6.07) is 0. The van der Waals surface area contributed by atoms with Crippen LogP contribution in [0.2, 0.25) is 0 Å². The Morgan fingerprint density at radius 1 is 1.07 bits per heavy atom. The number of carbonyl (C=O) groups excluding carboxylic acids is 1. The molecule has 0 heterocycles. The first-order chi connectivity index (χ1) is 7.04. The molecule has 0 atom stereocenters. The summed E-state index contributed by atoms with van der Waals surface area (Å²) in [5.41, 5.74) is 0. The Bertz CT molecular complexity index is 219. The van der Waals surface area contributed by atoms with Crippen molar-refractivity contribution >= 4 is 13.8 Å². The number of phosphoric acid groups is 1. The Balaban J connectivity index is 3.85. The van der Waals surface area contributed by atoms with E-state index in [-0.39, 0.29) is 26.4 Å². The Morgan fingerprint density at radius 2 is 1.60 bits per heavy atom. The molecular formula is C8H17O6P. The highest BCUT2D eigenvalue weighted by atomic mass is 31.2. The van der Waals surface area contributed by atoms with Crippen molar-refractivity contribution in [2.45, 2.75) is 20.8 Å². The van der Waals surface area contributed by atoms with Crippen molar-refractivity contribution < 1.29 is 27.7 Å². The molecule has 6 nitrogen and oxygen atoms in total. The predicted molar refractivity (Wildman–Crippen MR) is 53.4 cm³/mol. The SMILES string of the molecule is CCOP(=O)(OCC)OCCOC(C)=O. The fraction of sp³-hybridized carbons (Fsp3) is 0.875. The third kappa shape index (κ3) is 7.50. The van der Waals surface area contributed by atoms with E-state index in [0.717, 1.165) is 0 Å². The van der Waals surface area contributed by atoms with E-state index in [1.54, 1.807) is 13.8 Å². The van der Waals surface area contributed by atoms with Crippen LogP contribution in [-0.2, 0) is 27.7 Å². The second-order valence-corrected chi connectivity index (χ2v) is 4.13. The minimum atomic E-state index is -3.47. The number of phosphoric ester groups is 1. The highest BCUT2D eigenvalue weighted by Gasteiger charge is 2.24. The van der Waals surface area contributed by atoms with Crippen LogP contribution in [-0.4, -0.2) is 32.4 Å². The maximum absolute atomic E-state index is 11.7. The number of hydrogen-bond acceptors (Lipinski definition) is 6. The molecule has 0 fully saturated rings. The molecule has 0 aromatic heterocycles. The highest BCUT2D eigenvalue weighted by Crippen LogP contribution is 2.48. The van der Waals surface area contributed by atoms with Crippen LogP contribution in [0, 0.1) is 0 Å². The van der Waals surface area contributed by atoms with E-state index < -0.39 is 13.8 Å². The Kier molecular flexibility index (Phi) is 7.60. The second-order valence-electron chi connectivity index (χ2n) is 2.46. The van der Waals surface area contributed by atoms with Gasteiger partial charge in [-0.2, -0.15) is 0 Å². The maximum Gasteiger partial charge on any atom is 0.474 e. The quantitative estimate of drug-likeness (QED) is 0.365. The van der Waals surface area contributed by atoms with Crippen molar-refractivity contribution in [2.75, 3.05) is 26.4 Å². The van der Waals surface area contributed by atoms with Crippen LogP contribution in [0.25, 0.3) is 0 Å². The van der Waals surface area contributed by atoms with Gasteiger partial charge < -0.3 is 4.74 Å². The van der Waals surface area contributed by atoms with Gasteiger partial charge in [-0.25, -0.2) is 4.57 Å². The second kappa shape index (κ2) is 7.82. The molecule has 0 aromatic carbocycles. The van der Waals surface area contributed by atoms with E-state index >= 15 is 0 Å². The Hall–Kier alpha value is -0.420. The van der Waals surface area contributed by atoms with Gasteiger partial charge in [-0.1, -0.05) is 0 Å². The smallest absolute Gasteiger partial charge is 0.463 e. The van der Waals surface area contributed by atoms with E-state index in [4.69, 9.17) is 13.6 Å². The van der Waals surface area contributed by atoms with Crippen LogP contribution in [0.5, 0.6) is 0 Å². The van der Waals surface area contributed by atoms with Gasteiger partial charge in [-0.3, -0.25) is 18.4 Å². The topological polar surface area (TPSA) is 71.1 Å². The molecule has 0 aliphatic carbocycles. The normalized spacial score (nSPS) is 11.4. The number of ether oxygens (including phenoxy) is 1. The summed E-state index contributed by atoms with van der Waals surface area (Å²) in [5.74, 6) is -0.416. The molecule has 0 radical (unpaired) electrons. The molecule has 7 heteroatoms. The summed E-state index contributed by atoms with van der Waals surface area (Å²) in [6.07, 6.45) is 0. The summed E-state index contributed by atoms with van der Waals surface area (Å²) in [6.45, 7) is 5.11. The summed E-state index contributed by atoms with van der Waals surface area (Å²) in [5, 5.41) is 0. The highest BCUT2D eigenvalue weighted by molar-refractivity contribution is 7.48. The van der Waals surface area contributed by atoms with E-state index in [0.29, 0.717) is 0 Å². The van der Waals surface area contributed by atoms with Crippen molar-refractivity contribution in [3.05, 3.63) is 0 Å². The molecule has 0 unspecified atom stereocenters. The zero-order valence-electron chi connectivity index (χ0n) is 9.23. The molecule has 0 aliphatic heterocycles. The average Bonchev–Trinajstić information content (AvgIpc) is 2.13. The molecular weight excluding hydrogens is 223 g/mol. The van der Waals surface area contributed by atoms with E-state index in [9.17, 15) is 9.36 Å². The fourth-order valence-corrected chi connectivity index (χ4v) is 1.92. The Labute approximate surface area is 89.5 Å². The number of esters is 1. The van der Waals surface area contributed by atoms with Gasteiger partial charge in [-0.05, 0) is 13.8 Å². The van der Waals surface area contributed by atoms with Crippen molar-refractivity contribution in [1.82, 2.24) is 0 Å². The number of carbonyl (C=O) groups is 1. The molecule has 0 amide bonds. The minimum absolute atomic E-state index is 0.0170. The van der Waals surface area contributed by atoms with Gasteiger partial charge >= 0.3 is 13.8 Å². The zero-order chi connectivity index (χ0) is 11.7. The number of hydrogen-bond donors (Lipinski definition) is 0. The molecule has 0 aliphatic rings. The van der Waals surface area contributed by atoms with Gasteiger partial charge in [0.25, 0.3) is 0 Å². The van der Waals surface area contributed by atoms with Crippen LogP contribution in [0.1, 0.15) is 20.8 Å². The van der Waals surface area contributed by atoms with Crippen LogP contribution in [0.4, 0.5) is 0 Å². The molecule has 0 saturated heterocycles. The van der Waals surface area contributed by atoms with E-state index in [1.807, 2.05) is 0 Å². The molecule has 0 aromatic rings. The van der Waals surface area contributed by atoms with Crippen molar-refractivity contribution in [3.8, 4) is 0 Å². The summed E-state index contributed by atoms with van der Waals surface area (Å²) < 4.78 is 30.8. The zero-order valence-corrected chi connectivity index (χ0v) is 10.1. The molecule has 90 valence electrons. The first-order valence-corrected chi connectivity index (χ1v) is 6.17. The third-order valence-electron chi connectivity index (χ3n) is 1.21. The lowest BCUT2D eigenvalue weighted by Crippen LogP contribution is -2.08. The van der Waals surface area contributed by atoms with Gasteiger partial charge in [0.1, 0.15) is 6.61 Å². The van der Waals surface area contributed by atoms with Gasteiger partial charge in [0.15, 0.2) is 0 Å². The molecule has 0 rings (SSSR count). The standard InChI is InChI=1S/C8H17O6P/c1-4-12-15(10,13-5-2)14-7-6-11-8(3)9/h4-7H2,1-3H3. The van der Waals surface area contributed by atoms with E-state index in [1.165, 1.54) is 6.92 Å². The largest absolute Gasteiger partial charge is 0.474 e. The first-order valence-electron chi connectivity index (χ1n) is 4.71. The lowest BCUT2D eigenvalue weighted by Gasteiger charge is -2.15. The molecule has 0 spiro atoms. The first kappa shape index (κ1) is 14.6. The van der Waals surface area contributed by atoms with Gasteiger partial charge in [-0.15, -0.1) is 0 Å². The lowest BCUT2D eigenvalue weighted by atomic mass is 10.7. The third-order valence-corrected chi connectivity index (χ3v) is 2.86. The molecule has 0 N–H and O–H groups in total. The van der Waals surface area contributed by atoms with Crippen molar-refractivity contribution in [1.29, 1.82) is 0 Å². The lowest BCUT2D eigenvalue weighted by molar-refractivity contribution is -0.141. The monoisotopic (exact) mass is 240 g/mol. The van der Waals surface area contributed by atoms with Crippen molar-refractivity contribution in [2.24, 2.45) is 0 Å². The summed E-state index contributed by atoms with van der Waals surface area (Å²) >= 11 is 0. The molecule has 15 heavy (non-hydrogen) atoms. The van der Waals surface area contributed by atoms with Gasteiger partial charge in [0, 0.05) is 6.92 Å².